The van der Waals surface area contributed by atoms with Crippen molar-refractivity contribution in [3.8, 4) is 0 Å². The van der Waals surface area contributed by atoms with Gasteiger partial charge in [-0.25, -0.2) is 0 Å². The number of rotatable bonds is 7. The third kappa shape index (κ3) is 3.94. The van der Waals surface area contributed by atoms with E-state index in [0.717, 1.165) is 17.0 Å². The first kappa shape index (κ1) is 14.8. The topological polar surface area (TPSA) is 29.1 Å². The molecule has 0 aliphatic rings. The van der Waals surface area contributed by atoms with Crippen LogP contribution in [0.5, 0.6) is 0 Å². The van der Waals surface area contributed by atoms with Gasteiger partial charge in [-0.1, -0.05) is 32.0 Å². The van der Waals surface area contributed by atoms with Crippen molar-refractivity contribution in [3.05, 3.63) is 52.2 Å². The summed E-state index contributed by atoms with van der Waals surface area (Å²) in [6.45, 7) is 5.12. The Morgan fingerprint density at radius 1 is 1.25 bits per heavy atom. The highest BCUT2D eigenvalue weighted by Crippen LogP contribution is 2.20. The molecule has 2 nitrogen and oxygen atoms in total. The van der Waals surface area contributed by atoms with Gasteiger partial charge in [-0.05, 0) is 41.5 Å². The Labute approximate surface area is 124 Å². The summed E-state index contributed by atoms with van der Waals surface area (Å²) in [5, 5.41) is 5.24. The maximum atomic E-state index is 11.8. The van der Waals surface area contributed by atoms with Gasteiger partial charge in [0.2, 0.25) is 0 Å². The summed E-state index contributed by atoms with van der Waals surface area (Å²) in [7, 11) is 0. The molecule has 0 aliphatic heterocycles. The molecule has 1 N–H and O–H groups in total. The van der Waals surface area contributed by atoms with Crippen molar-refractivity contribution in [1.82, 2.24) is 0 Å². The van der Waals surface area contributed by atoms with E-state index in [1.807, 2.05) is 17.5 Å². The van der Waals surface area contributed by atoms with E-state index >= 15 is 0 Å². The lowest BCUT2D eigenvalue weighted by atomic mass is 9.99. The van der Waals surface area contributed by atoms with Crippen LogP contribution in [0.4, 0.5) is 5.69 Å². The number of ketones is 1. The quantitative estimate of drug-likeness (QED) is 0.730. The SMILES string of the molecule is CCC(C)c1ccc(NCCC(=O)c2cccs2)cc1. The lowest BCUT2D eigenvalue weighted by molar-refractivity contribution is 0.0990. The van der Waals surface area contributed by atoms with Crippen LogP contribution in [0.15, 0.2) is 41.8 Å². The normalized spacial score (nSPS) is 12.1. The number of carbonyl (C=O) groups is 1. The predicted molar refractivity (Wildman–Crippen MR) is 86.9 cm³/mol. The number of hydrogen-bond donors (Lipinski definition) is 1. The molecule has 2 aromatic rings. The first-order valence-electron chi connectivity index (χ1n) is 7.11. The van der Waals surface area contributed by atoms with Crippen LogP contribution < -0.4 is 5.32 Å². The minimum Gasteiger partial charge on any atom is -0.385 e. The van der Waals surface area contributed by atoms with Crippen LogP contribution in [-0.4, -0.2) is 12.3 Å². The van der Waals surface area contributed by atoms with Crippen LogP contribution >= 0.6 is 11.3 Å². The third-order valence-electron chi connectivity index (χ3n) is 3.57. The molecular formula is C17H21NOS. The largest absolute Gasteiger partial charge is 0.385 e. The second kappa shape index (κ2) is 7.25. The van der Waals surface area contributed by atoms with Gasteiger partial charge in [-0.2, -0.15) is 0 Å². The van der Waals surface area contributed by atoms with E-state index in [-0.39, 0.29) is 5.78 Å². The van der Waals surface area contributed by atoms with Crippen LogP contribution in [0.1, 0.15) is 47.8 Å². The van der Waals surface area contributed by atoms with E-state index < -0.39 is 0 Å². The Hall–Kier alpha value is -1.61. The van der Waals surface area contributed by atoms with Gasteiger partial charge in [0.15, 0.2) is 5.78 Å². The highest BCUT2D eigenvalue weighted by atomic mass is 32.1. The Morgan fingerprint density at radius 3 is 2.60 bits per heavy atom. The second-order valence-corrected chi connectivity index (χ2v) is 5.96. The lowest BCUT2D eigenvalue weighted by Crippen LogP contribution is -2.07. The number of carbonyl (C=O) groups excluding carboxylic acids is 1. The Bertz CT molecular complexity index is 531. The maximum Gasteiger partial charge on any atom is 0.174 e. The molecule has 0 bridgehead atoms. The fourth-order valence-electron chi connectivity index (χ4n) is 2.05. The van der Waals surface area contributed by atoms with Gasteiger partial charge in [-0.3, -0.25) is 4.79 Å². The van der Waals surface area contributed by atoms with E-state index in [1.165, 1.54) is 16.9 Å². The number of hydrogen-bond acceptors (Lipinski definition) is 3. The number of Topliss-reactive ketones (excluding diaryl/α,β-unsaturated/α-hetero) is 1. The smallest absolute Gasteiger partial charge is 0.174 e. The third-order valence-corrected chi connectivity index (χ3v) is 4.48. The van der Waals surface area contributed by atoms with Crippen molar-refractivity contribution in [1.29, 1.82) is 0 Å². The average molecular weight is 287 g/mol. The average Bonchev–Trinajstić information content (AvgIpc) is 3.01. The fourth-order valence-corrected chi connectivity index (χ4v) is 2.74. The van der Waals surface area contributed by atoms with Gasteiger partial charge >= 0.3 is 0 Å². The molecule has 0 saturated heterocycles. The minimum absolute atomic E-state index is 0.212. The molecule has 0 aliphatic carbocycles. The van der Waals surface area contributed by atoms with E-state index in [9.17, 15) is 4.79 Å². The van der Waals surface area contributed by atoms with E-state index in [1.54, 1.807) is 0 Å². The molecule has 1 aromatic heterocycles. The van der Waals surface area contributed by atoms with E-state index in [0.29, 0.717) is 18.9 Å². The summed E-state index contributed by atoms with van der Waals surface area (Å²) < 4.78 is 0. The van der Waals surface area contributed by atoms with Crippen LogP contribution in [0.25, 0.3) is 0 Å². The molecule has 106 valence electrons. The summed E-state index contributed by atoms with van der Waals surface area (Å²) in [6, 6.07) is 12.3. The van der Waals surface area contributed by atoms with Crippen LogP contribution in [0.3, 0.4) is 0 Å². The molecule has 1 atom stereocenters. The van der Waals surface area contributed by atoms with Gasteiger partial charge in [0.1, 0.15) is 0 Å². The number of benzene rings is 1. The Balaban J connectivity index is 1.81. The molecule has 0 radical (unpaired) electrons. The molecule has 0 fully saturated rings. The van der Waals surface area contributed by atoms with Gasteiger partial charge in [0.25, 0.3) is 0 Å². The van der Waals surface area contributed by atoms with Crippen molar-refractivity contribution in [2.24, 2.45) is 0 Å². The number of anilines is 1. The van der Waals surface area contributed by atoms with Gasteiger partial charge in [0, 0.05) is 18.7 Å². The summed E-state index contributed by atoms with van der Waals surface area (Å²) in [5.41, 5.74) is 2.45. The lowest BCUT2D eigenvalue weighted by Gasteiger charge is -2.10. The molecule has 0 saturated carbocycles. The summed E-state index contributed by atoms with van der Waals surface area (Å²) in [4.78, 5) is 12.7. The molecule has 2 rings (SSSR count). The summed E-state index contributed by atoms with van der Waals surface area (Å²) >= 11 is 1.51. The monoisotopic (exact) mass is 287 g/mol. The maximum absolute atomic E-state index is 11.8. The van der Waals surface area contributed by atoms with Crippen molar-refractivity contribution < 1.29 is 4.79 Å². The zero-order valence-electron chi connectivity index (χ0n) is 12.1. The van der Waals surface area contributed by atoms with Crippen molar-refractivity contribution in [2.45, 2.75) is 32.6 Å². The van der Waals surface area contributed by atoms with Gasteiger partial charge in [-0.15, -0.1) is 11.3 Å². The molecule has 1 aromatic carbocycles. The Morgan fingerprint density at radius 2 is 2.00 bits per heavy atom. The highest BCUT2D eigenvalue weighted by Gasteiger charge is 2.06. The molecule has 0 amide bonds. The van der Waals surface area contributed by atoms with Crippen LogP contribution in [-0.2, 0) is 0 Å². The zero-order chi connectivity index (χ0) is 14.4. The highest BCUT2D eigenvalue weighted by molar-refractivity contribution is 7.12. The zero-order valence-corrected chi connectivity index (χ0v) is 12.9. The van der Waals surface area contributed by atoms with Crippen LogP contribution in [0, 0.1) is 0 Å². The van der Waals surface area contributed by atoms with E-state index in [2.05, 4.69) is 43.4 Å². The fraction of sp³-hybridized carbons (Fsp3) is 0.353. The number of thiophene rings is 1. The molecule has 20 heavy (non-hydrogen) atoms. The predicted octanol–water partition coefficient (Wildman–Crippen LogP) is 4.95. The van der Waals surface area contributed by atoms with Crippen molar-refractivity contribution >= 4 is 22.8 Å². The van der Waals surface area contributed by atoms with Gasteiger partial charge < -0.3 is 5.32 Å². The first-order valence-corrected chi connectivity index (χ1v) is 7.99. The molecule has 1 heterocycles. The van der Waals surface area contributed by atoms with Gasteiger partial charge in [0.05, 0.1) is 4.88 Å². The summed E-state index contributed by atoms with van der Waals surface area (Å²) in [5.74, 6) is 0.813. The standard InChI is InChI=1S/C17H21NOS/c1-3-13(2)14-6-8-15(9-7-14)18-11-10-16(19)17-5-4-12-20-17/h4-9,12-13,18H,3,10-11H2,1-2H3. The number of nitrogens with one attached hydrogen (secondary N) is 1. The molecular weight excluding hydrogens is 266 g/mol. The first-order chi connectivity index (χ1) is 9.70. The molecule has 0 spiro atoms. The van der Waals surface area contributed by atoms with Crippen molar-refractivity contribution in [3.63, 3.8) is 0 Å². The summed E-state index contributed by atoms with van der Waals surface area (Å²) in [6.07, 6.45) is 1.69. The van der Waals surface area contributed by atoms with E-state index in [4.69, 9.17) is 0 Å². The molecule has 1 unspecified atom stereocenters. The Kier molecular flexibility index (Phi) is 5.36. The minimum atomic E-state index is 0.212. The second-order valence-electron chi connectivity index (χ2n) is 5.01. The van der Waals surface area contributed by atoms with Crippen molar-refractivity contribution in [2.75, 3.05) is 11.9 Å². The van der Waals surface area contributed by atoms with Crippen LogP contribution in [0.2, 0.25) is 0 Å². The molecule has 3 heteroatoms.